The van der Waals surface area contributed by atoms with Crippen LogP contribution in [0, 0.1) is 18.6 Å². The van der Waals surface area contributed by atoms with Crippen molar-refractivity contribution in [3.05, 3.63) is 59.2 Å². The van der Waals surface area contributed by atoms with E-state index in [1.54, 1.807) is 11.8 Å². The molecule has 0 aliphatic carbocycles. The number of nitrogens with one attached hydrogen (secondary N) is 2. The molecule has 1 aromatic carbocycles. The van der Waals surface area contributed by atoms with Crippen LogP contribution in [0.2, 0.25) is 0 Å². The highest BCUT2D eigenvalue weighted by Gasteiger charge is 2.29. The fourth-order valence-electron chi connectivity index (χ4n) is 2.95. The molecule has 1 saturated heterocycles. The van der Waals surface area contributed by atoms with Crippen molar-refractivity contribution in [1.82, 2.24) is 19.2 Å². The molecule has 1 fully saturated rings. The Morgan fingerprint density at radius 2 is 1.97 bits per heavy atom. The summed E-state index contributed by atoms with van der Waals surface area (Å²) in [5.41, 5.74) is 6.65. The van der Waals surface area contributed by atoms with Crippen LogP contribution in [0.1, 0.15) is 26.5 Å². The minimum atomic E-state index is -1.07. The molecule has 0 bridgehead atoms. The molecule has 0 radical (unpaired) electrons. The van der Waals surface area contributed by atoms with Gasteiger partial charge in [-0.1, -0.05) is 0 Å². The Balaban J connectivity index is 1.48. The topological polar surface area (TPSA) is 126 Å². The first-order chi connectivity index (χ1) is 14.8. The zero-order valence-corrected chi connectivity index (χ0v) is 17.0. The van der Waals surface area contributed by atoms with Gasteiger partial charge in [-0.05, 0) is 30.6 Å². The number of likely N-dealkylation sites (tertiary alicyclic amines) is 1. The summed E-state index contributed by atoms with van der Waals surface area (Å²) in [6.07, 6.45) is 2.71. The average molecular weight is 445 g/mol. The first-order valence-corrected chi connectivity index (χ1v) is 9.95. The number of rotatable bonds is 5. The van der Waals surface area contributed by atoms with Gasteiger partial charge in [-0.3, -0.25) is 9.59 Å². The van der Waals surface area contributed by atoms with Gasteiger partial charge in [-0.25, -0.2) is 18.7 Å². The van der Waals surface area contributed by atoms with E-state index in [-0.39, 0.29) is 28.9 Å². The number of carbonyl (C=O) groups excluding carboxylic acids is 2. The molecule has 1 aliphatic heterocycles. The molecule has 160 valence electrons. The molecule has 2 aromatic heterocycles. The van der Waals surface area contributed by atoms with Crippen LogP contribution >= 0.6 is 11.5 Å². The van der Waals surface area contributed by atoms with Gasteiger partial charge in [0.2, 0.25) is 0 Å². The van der Waals surface area contributed by atoms with Crippen molar-refractivity contribution in [3.8, 4) is 0 Å². The summed E-state index contributed by atoms with van der Waals surface area (Å²) in [6.45, 7) is 2.61. The summed E-state index contributed by atoms with van der Waals surface area (Å²) in [5.74, 6) is -2.57. The van der Waals surface area contributed by atoms with Crippen molar-refractivity contribution in [2.75, 3.05) is 23.7 Å². The number of benzene rings is 1. The fourth-order valence-corrected chi connectivity index (χ4v) is 3.75. The van der Waals surface area contributed by atoms with Crippen LogP contribution in [0.15, 0.2) is 30.6 Å². The Kier molecular flexibility index (Phi) is 5.57. The number of hydrogen-bond acceptors (Lipinski definition) is 8. The molecule has 2 amide bonds. The first kappa shape index (κ1) is 20.8. The fraction of sp³-hybridized carbons (Fsp3) is 0.211. The first-order valence-electron chi connectivity index (χ1n) is 9.18. The molecule has 12 heteroatoms. The van der Waals surface area contributed by atoms with E-state index >= 15 is 0 Å². The quantitative estimate of drug-likeness (QED) is 0.550. The van der Waals surface area contributed by atoms with Crippen molar-refractivity contribution in [2.24, 2.45) is 5.73 Å². The zero-order valence-electron chi connectivity index (χ0n) is 16.2. The molecule has 0 unspecified atom stereocenters. The van der Waals surface area contributed by atoms with Gasteiger partial charge in [0, 0.05) is 30.9 Å². The maximum absolute atomic E-state index is 13.4. The van der Waals surface area contributed by atoms with Crippen LogP contribution in [0.3, 0.4) is 0 Å². The molecule has 3 aromatic rings. The van der Waals surface area contributed by atoms with E-state index < -0.39 is 17.5 Å². The van der Waals surface area contributed by atoms with Gasteiger partial charge >= 0.3 is 0 Å². The van der Waals surface area contributed by atoms with E-state index in [2.05, 4.69) is 25.0 Å². The van der Waals surface area contributed by atoms with Gasteiger partial charge in [-0.15, -0.1) is 0 Å². The lowest BCUT2D eigenvalue weighted by molar-refractivity contribution is 0.0601. The number of aromatic nitrogens is 3. The van der Waals surface area contributed by atoms with Crippen LogP contribution < -0.4 is 16.4 Å². The normalized spacial score (nSPS) is 13.6. The molecule has 3 heterocycles. The molecule has 0 atom stereocenters. The second-order valence-corrected chi connectivity index (χ2v) is 7.71. The number of aryl methyl sites for hydroxylation is 1. The molecule has 0 spiro atoms. The van der Waals surface area contributed by atoms with Crippen molar-refractivity contribution >= 4 is 39.9 Å². The van der Waals surface area contributed by atoms with Gasteiger partial charge < -0.3 is 21.3 Å². The van der Waals surface area contributed by atoms with E-state index in [4.69, 9.17) is 5.73 Å². The minimum absolute atomic E-state index is 0.0108. The van der Waals surface area contributed by atoms with E-state index in [9.17, 15) is 18.4 Å². The largest absolute Gasteiger partial charge is 0.334 e. The second kappa shape index (κ2) is 8.32. The van der Waals surface area contributed by atoms with E-state index in [1.165, 1.54) is 18.5 Å². The summed E-state index contributed by atoms with van der Waals surface area (Å²) in [6, 6.07) is 3.06. The Morgan fingerprint density at radius 3 is 2.61 bits per heavy atom. The molecule has 0 saturated carbocycles. The van der Waals surface area contributed by atoms with E-state index in [1.807, 2.05) is 0 Å². The number of hydrogen-bond donors (Lipinski definition) is 3. The number of carbonyl (C=O) groups is 2. The van der Waals surface area contributed by atoms with E-state index in [0.717, 1.165) is 23.7 Å². The van der Waals surface area contributed by atoms with E-state index in [0.29, 0.717) is 29.6 Å². The zero-order chi connectivity index (χ0) is 22.1. The van der Waals surface area contributed by atoms with Crippen LogP contribution in [-0.2, 0) is 0 Å². The third-order valence-corrected chi connectivity index (χ3v) is 5.43. The summed E-state index contributed by atoms with van der Waals surface area (Å²) in [5, 5.41) is 5.86. The summed E-state index contributed by atoms with van der Waals surface area (Å²) in [7, 11) is 0. The van der Waals surface area contributed by atoms with Crippen LogP contribution in [0.4, 0.5) is 25.3 Å². The molecular weight excluding hydrogens is 428 g/mol. The van der Waals surface area contributed by atoms with Gasteiger partial charge in [0.15, 0.2) is 11.6 Å². The number of nitrogens with zero attached hydrogens (tertiary/aromatic N) is 4. The van der Waals surface area contributed by atoms with Crippen molar-refractivity contribution in [1.29, 1.82) is 0 Å². The Morgan fingerprint density at radius 1 is 1.19 bits per heavy atom. The van der Waals surface area contributed by atoms with Crippen LogP contribution in [-0.4, -0.2) is 50.2 Å². The lowest BCUT2D eigenvalue weighted by Crippen LogP contribution is -2.57. The van der Waals surface area contributed by atoms with Crippen LogP contribution in [0.25, 0.3) is 0 Å². The number of halogens is 2. The monoisotopic (exact) mass is 445 g/mol. The highest BCUT2D eigenvalue weighted by Crippen LogP contribution is 2.28. The SMILES string of the molecule is Cc1nsc(Nc2cnc(C(=O)N3CC(N)C3)cn2)c1C(=O)Nc1ccc(F)c(F)c1. The van der Waals surface area contributed by atoms with Gasteiger partial charge in [0.1, 0.15) is 16.5 Å². The lowest BCUT2D eigenvalue weighted by Gasteiger charge is -2.36. The molecule has 1 aliphatic rings. The third-order valence-electron chi connectivity index (χ3n) is 4.58. The highest BCUT2D eigenvalue weighted by atomic mass is 32.1. The summed E-state index contributed by atoms with van der Waals surface area (Å²) < 4.78 is 30.7. The minimum Gasteiger partial charge on any atom is -0.334 e. The molecule has 4 N–H and O–H groups in total. The average Bonchev–Trinajstić information content (AvgIpc) is 3.08. The smallest absolute Gasteiger partial charge is 0.274 e. The Bertz CT molecular complexity index is 1150. The summed E-state index contributed by atoms with van der Waals surface area (Å²) >= 11 is 1.03. The standard InChI is InChI=1S/C19H17F2N7O2S/c1-9-16(17(29)25-11-2-3-12(20)13(21)4-11)18(31-27-9)26-15-6-23-14(5-24-15)19(30)28-7-10(22)8-28/h2-6,10H,7-8,22H2,1H3,(H,24,26)(H,25,29). The number of nitrogens with two attached hydrogens (primary N) is 1. The number of anilines is 3. The van der Waals surface area contributed by atoms with Gasteiger partial charge in [0.05, 0.1) is 23.7 Å². The van der Waals surface area contributed by atoms with Crippen molar-refractivity contribution in [2.45, 2.75) is 13.0 Å². The maximum Gasteiger partial charge on any atom is 0.274 e. The Labute approximate surface area is 179 Å². The second-order valence-electron chi connectivity index (χ2n) is 6.94. The molecular formula is C19H17F2N7O2S. The van der Waals surface area contributed by atoms with Crippen LogP contribution in [0.5, 0.6) is 0 Å². The van der Waals surface area contributed by atoms with Gasteiger partial charge in [0.25, 0.3) is 11.8 Å². The van der Waals surface area contributed by atoms with Crippen molar-refractivity contribution < 1.29 is 18.4 Å². The third kappa shape index (κ3) is 4.34. The molecule has 4 rings (SSSR count). The Hall–Kier alpha value is -3.51. The number of amides is 2. The van der Waals surface area contributed by atoms with Gasteiger partial charge in [-0.2, -0.15) is 4.37 Å². The van der Waals surface area contributed by atoms with Crippen molar-refractivity contribution in [3.63, 3.8) is 0 Å². The molecule has 31 heavy (non-hydrogen) atoms. The lowest BCUT2D eigenvalue weighted by atomic mass is 10.1. The maximum atomic E-state index is 13.4. The predicted octanol–water partition coefficient (Wildman–Crippen LogP) is 2.30. The predicted molar refractivity (Wildman–Crippen MR) is 110 cm³/mol. The summed E-state index contributed by atoms with van der Waals surface area (Å²) in [4.78, 5) is 34.8. The molecule has 9 nitrogen and oxygen atoms in total. The highest BCUT2D eigenvalue weighted by molar-refractivity contribution is 7.10.